The summed E-state index contributed by atoms with van der Waals surface area (Å²) in [7, 11) is 0. The molecule has 0 aliphatic rings. The summed E-state index contributed by atoms with van der Waals surface area (Å²) in [6, 6.07) is 13.5. The molecule has 0 atom stereocenters. The quantitative estimate of drug-likeness (QED) is 0.533. The fourth-order valence-corrected chi connectivity index (χ4v) is 3.13. The van der Waals surface area contributed by atoms with E-state index in [-0.39, 0.29) is 11.9 Å². The Morgan fingerprint density at radius 1 is 1.12 bits per heavy atom. The first-order chi connectivity index (χ1) is 12.0. The molecule has 0 fully saturated rings. The van der Waals surface area contributed by atoms with Gasteiger partial charge < -0.3 is 14.8 Å². The van der Waals surface area contributed by atoms with Crippen molar-refractivity contribution in [3.8, 4) is 33.9 Å². The lowest BCUT2D eigenvalue weighted by molar-refractivity contribution is 0.239. The number of aromatic hydroxyl groups is 1. The minimum Gasteiger partial charge on any atom is -0.506 e. The fraction of sp³-hybridized carbons (Fsp3) is 0.158. The number of phenolic OH excluding ortho intramolecular Hbond substituents is 1. The molecule has 0 aliphatic carbocycles. The van der Waals surface area contributed by atoms with Gasteiger partial charge in [0.15, 0.2) is 4.77 Å². The zero-order chi connectivity index (χ0) is 18.0. The summed E-state index contributed by atoms with van der Waals surface area (Å²) in [5, 5.41) is 10.7. The van der Waals surface area contributed by atoms with Gasteiger partial charge in [0.2, 0.25) is 0 Å². The molecule has 0 aliphatic heterocycles. The number of hydrogen-bond acceptors (Lipinski definition) is 4. The second-order valence-electron chi connectivity index (χ2n) is 5.78. The van der Waals surface area contributed by atoms with Crippen LogP contribution >= 0.6 is 28.1 Å². The van der Waals surface area contributed by atoms with Gasteiger partial charge in [-0.15, -0.1) is 0 Å². The van der Waals surface area contributed by atoms with E-state index in [1.165, 1.54) is 0 Å². The molecular weight excluding hydrogens is 400 g/mol. The van der Waals surface area contributed by atoms with Gasteiger partial charge >= 0.3 is 0 Å². The third-order valence-corrected chi connectivity index (χ3v) is 4.58. The first-order valence-corrected chi connectivity index (χ1v) is 9.00. The highest BCUT2D eigenvalue weighted by Gasteiger charge is 2.17. The van der Waals surface area contributed by atoms with Gasteiger partial charge in [-0.3, -0.25) is 0 Å². The van der Waals surface area contributed by atoms with Crippen LogP contribution in [-0.2, 0) is 0 Å². The lowest BCUT2D eigenvalue weighted by atomic mass is 10.00. The normalized spacial score (nSPS) is 10.9. The molecule has 0 unspecified atom stereocenters. The third kappa shape index (κ3) is 3.75. The van der Waals surface area contributed by atoms with Crippen LogP contribution in [0.15, 0.2) is 53.1 Å². The van der Waals surface area contributed by atoms with Gasteiger partial charge in [0, 0.05) is 17.3 Å². The molecule has 3 rings (SSSR count). The predicted octanol–water partition coefficient (Wildman–Crippen LogP) is 5.73. The maximum Gasteiger partial charge on any atom is 0.197 e. The highest BCUT2D eigenvalue weighted by atomic mass is 79.9. The van der Waals surface area contributed by atoms with Crippen molar-refractivity contribution in [3.05, 3.63) is 57.9 Å². The Balaban J connectivity index is 2.19. The van der Waals surface area contributed by atoms with Gasteiger partial charge in [0.25, 0.3) is 0 Å². The van der Waals surface area contributed by atoms with Crippen LogP contribution in [0.5, 0.6) is 11.5 Å². The van der Waals surface area contributed by atoms with Crippen LogP contribution in [0.2, 0.25) is 0 Å². The van der Waals surface area contributed by atoms with E-state index < -0.39 is 0 Å². The molecule has 0 spiro atoms. The van der Waals surface area contributed by atoms with Crippen molar-refractivity contribution >= 4 is 28.1 Å². The third-order valence-electron chi connectivity index (χ3n) is 3.61. The molecule has 1 heterocycles. The molecule has 0 amide bonds. The average molecular weight is 417 g/mol. The zero-order valence-corrected chi connectivity index (χ0v) is 16.2. The van der Waals surface area contributed by atoms with Crippen LogP contribution in [0.4, 0.5) is 0 Å². The monoisotopic (exact) mass is 416 g/mol. The van der Waals surface area contributed by atoms with E-state index in [1.54, 1.807) is 6.20 Å². The number of phenols is 1. The molecule has 1 aromatic heterocycles. The Labute approximate surface area is 159 Å². The molecule has 2 aromatic carbocycles. The Bertz CT molecular complexity index is 955. The summed E-state index contributed by atoms with van der Waals surface area (Å²) < 4.78 is 6.57. The SMILES string of the molecule is CC(C)Oc1ccc(-c2[nH]c(=S)ncc2-c2ccccc2)c(O)c1Br. The number of aromatic nitrogens is 2. The number of rotatable bonds is 4. The minimum atomic E-state index is 0.00756. The van der Waals surface area contributed by atoms with E-state index in [1.807, 2.05) is 56.3 Å². The minimum absolute atomic E-state index is 0.00756. The fourth-order valence-electron chi connectivity index (χ4n) is 2.54. The summed E-state index contributed by atoms with van der Waals surface area (Å²) >= 11 is 8.61. The van der Waals surface area contributed by atoms with E-state index in [0.717, 1.165) is 11.1 Å². The number of halogens is 1. The Morgan fingerprint density at radius 3 is 2.52 bits per heavy atom. The van der Waals surface area contributed by atoms with E-state index in [2.05, 4.69) is 25.9 Å². The summed E-state index contributed by atoms with van der Waals surface area (Å²) in [6.45, 7) is 3.87. The maximum atomic E-state index is 10.7. The molecule has 0 saturated heterocycles. The highest BCUT2D eigenvalue weighted by molar-refractivity contribution is 9.10. The number of H-pyrrole nitrogens is 1. The first-order valence-electron chi connectivity index (χ1n) is 7.80. The lowest BCUT2D eigenvalue weighted by Crippen LogP contribution is -2.06. The van der Waals surface area contributed by atoms with Gasteiger partial charge in [0.05, 0.1) is 11.8 Å². The van der Waals surface area contributed by atoms with E-state index >= 15 is 0 Å². The summed E-state index contributed by atoms with van der Waals surface area (Å²) in [5.41, 5.74) is 3.17. The van der Waals surface area contributed by atoms with Gasteiger partial charge in [-0.2, -0.15) is 0 Å². The Kier molecular flexibility index (Phi) is 5.20. The van der Waals surface area contributed by atoms with Crippen molar-refractivity contribution in [1.29, 1.82) is 0 Å². The van der Waals surface area contributed by atoms with E-state index in [4.69, 9.17) is 17.0 Å². The van der Waals surface area contributed by atoms with Crippen molar-refractivity contribution in [2.75, 3.05) is 0 Å². The number of nitrogens with zero attached hydrogens (tertiary/aromatic N) is 1. The largest absolute Gasteiger partial charge is 0.506 e. The van der Waals surface area contributed by atoms with Crippen LogP contribution in [0.25, 0.3) is 22.4 Å². The molecular formula is C19H17BrN2O2S. The Morgan fingerprint density at radius 2 is 1.84 bits per heavy atom. The average Bonchev–Trinajstić information content (AvgIpc) is 2.59. The summed E-state index contributed by atoms with van der Waals surface area (Å²) in [4.78, 5) is 7.29. The van der Waals surface area contributed by atoms with Crippen molar-refractivity contribution in [2.45, 2.75) is 20.0 Å². The molecule has 0 radical (unpaired) electrons. The second kappa shape index (κ2) is 7.37. The molecule has 2 N–H and O–H groups in total. The number of benzene rings is 2. The summed E-state index contributed by atoms with van der Waals surface area (Å²) in [6.07, 6.45) is 1.73. The molecule has 0 saturated carbocycles. The van der Waals surface area contributed by atoms with E-state index in [9.17, 15) is 5.11 Å². The summed E-state index contributed by atoms with van der Waals surface area (Å²) in [5.74, 6) is 0.678. The maximum absolute atomic E-state index is 10.7. The Hall–Kier alpha value is -2.18. The van der Waals surface area contributed by atoms with Crippen molar-refractivity contribution in [1.82, 2.24) is 9.97 Å². The zero-order valence-electron chi connectivity index (χ0n) is 13.8. The lowest BCUT2D eigenvalue weighted by Gasteiger charge is -2.16. The number of aromatic amines is 1. The number of ether oxygens (including phenoxy) is 1. The van der Waals surface area contributed by atoms with Crippen LogP contribution in [0.1, 0.15) is 13.8 Å². The van der Waals surface area contributed by atoms with Gasteiger partial charge in [-0.25, -0.2) is 4.98 Å². The molecule has 25 heavy (non-hydrogen) atoms. The predicted molar refractivity (Wildman–Crippen MR) is 105 cm³/mol. The van der Waals surface area contributed by atoms with Crippen molar-refractivity contribution in [2.24, 2.45) is 0 Å². The number of nitrogens with one attached hydrogen (secondary N) is 1. The van der Waals surface area contributed by atoms with Crippen LogP contribution in [0, 0.1) is 4.77 Å². The molecule has 6 heteroatoms. The van der Waals surface area contributed by atoms with Crippen LogP contribution in [0.3, 0.4) is 0 Å². The smallest absolute Gasteiger partial charge is 0.197 e. The van der Waals surface area contributed by atoms with E-state index in [0.29, 0.717) is 26.3 Å². The van der Waals surface area contributed by atoms with Crippen LogP contribution in [-0.4, -0.2) is 21.2 Å². The van der Waals surface area contributed by atoms with Gasteiger partial charge in [-0.05, 0) is 59.7 Å². The molecule has 3 aromatic rings. The van der Waals surface area contributed by atoms with Gasteiger partial charge in [0.1, 0.15) is 16.0 Å². The molecule has 0 bridgehead atoms. The first kappa shape index (κ1) is 17.6. The topological polar surface area (TPSA) is 58.1 Å². The molecule has 4 nitrogen and oxygen atoms in total. The van der Waals surface area contributed by atoms with Crippen molar-refractivity contribution in [3.63, 3.8) is 0 Å². The van der Waals surface area contributed by atoms with Gasteiger partial charge in [-0.1, -0.05) is 30.3 Å². The highest BCUT2D eigenvalue weighted by Crippen LogP contribution is 2.43. The van der Waals surface area contributed by atoms with Crippen molar-refractivity contribution < 1.29 is 9.84 Å². The second-order valence-corrected chi connectivity index (χ2v) is 6.96. The standard InChI is InChI=1S/C19H17BrN2O2S/c1-11(2)24-15-9-8-13(18(23)16(15)20)17-14(10-21-19(25)22-17)12-6-4-3-5-7-12/h3-11,23H,1-2H3,(H,21,22,25). The number of hydrogen-bond donors (Lipinski definition) is 2. The molecule has 128 valence electrons. The van der Waals surface area contributed by atoms with Crippen LogP contribution < -0.4 is 4.74 Å².